The third-order valence-electron chi connectivity index (χ3n) is 3.76. The minimum Gasteiger partial charge on any atom is -0.444 e. The Balaban J connectivity index is 2.15. The van der Waals surface area contributed by atoms with Gasteiger partial charge in [0.1, 0.15) is 5.60 Å². The highest BCUT2D eigenvalue weighted by molar-refractivity contribution is 6.31. The first-order valence-electron chi connectivity index (χ1n) is 7.88. The van der Waals surface area contributed by atoms with Gasteiger partial charge in [0, 0.05) is 17.1 Å². The third-order valence-corrected chi connectivity index (χ3v) is 4.00. The summed E-state index contributed by atoms with van der Waals surface area (Å²) in [6, 6.07) is 5.29. The number of carbonyl (C=O) groups is 1. The molecule has 0 aromatic heterocycles. The van der Waals surface area contributed by atoms with Gasteiger partial charge in [-0.05, 0) is 64.4 Å². The van der Waals surface area contributed by atoms with Gasteiger partial charge in [0.05, 0.1) is 5.60 Å². The SMILES string of the molecule is CC(C)(C)OC(=O)Nc1cc(Cl)ccc1CC1(O)CCNCC1. The molecule has 1 saturated heterocycles. The summed E-state index contributed by atoms with van der Waals surface area (Å²) in [6.45, 7) is 7.01. The number of benzene rings is 1. The van der Waals surface area contributed by atoms with E-state index in [1.54, 1.807) is 12.1 Å². The lowest BCUT2D eigenvalue weighted by molar-refractivity contribution is 0.0109. The maximum absolute atomic E-state index is 12.0. The predicted molar refractivity (Wildman–Crippen MR) is 92.1 cm³/mol. The van der Waals surface area contributed by atoms with Crippen LogP contribution in [-0.4, -0.2) is 35.5 Å². The molecule has 3 N–H and O–H groups in total. The molecule has 2 rings (SSSR count). The largest absolute Gasteiger partial charge is 0.444 e. The van der Waals surface area contributed by atoms with E-state index in [4.69, 9.17) is 16.3 Å². The van der Waals surface area contributed by atoms with Crippen molar-refractivity contribution in [2.24, 2.45) is 0 Å². The molecule has 5 nitrogen and oxygen atoms in total. The smallest absolute Gasteiger partial charge is 0.412 e. The molecule has 0 bridgehead atoms. The van der Waals surface area contributed by atoms with E-state index in [1.165, 1.54) is 0 Å². The zero-order valence-corrected chi connectivity index (χ0v) is 14.7. The number of piperidine rings is 1. The number of hydrogen-bond acceptors (Lipinski definition) is 4. The summed E-state index contributed by atoms with van der Waals surface area (Å²) in [4.78, 5) is 12.0. The zero-order valence-electron chi connectivity index (χ0n) is 13.9. The van der Waals surface area contributed by atoms with Crippen LogP contribution in [0.2, 0.25) is 5.02 Å². The Morgan fingerprint density at radius 3 is 2.65 bits per heavy atom. The quantitative estimate of drug-likeness (QED) is 0.789. The van der Waals surface area contributed by atoms with E-state index in [1.807, 2.05) is 26.8 Å². The summed E-state index contributed by atoms with van der Waals surface area (Å²) in [5.74, 6) is 0. The van der Waals surface area contributed by atoms with Gasteiger partial charge in [-0.3, -0.25) is 5.32 Å². The van der Waals surface area contributed by atoms with Gasteiger partial charge in [0.25, 0.3) is 0 Å². The lowest BCUT2D eigenvalue weighted by Crippen LogP contribution is -2.43. The van der Waals surface area contributed by atoms with Gasteiger partial charge in [-0.15, -0.1) is 0 Å². The van der Waals surface area contributed by atoms with Crippen molar-refractivity contribution in [2.75, 3.05) is 18.4 Å². The highest BCUT2D eigenvalue weighted by atomic mass is 35.5. The van der Waals surface area contributed by atoms with Crippen molar-refractivity contribution < 1.29 is 14.6 Å². The van der Waals surface area contributed by atoms with Gasteiger partial charge >= 0.3 is 6.09 Å². The molecule has 1 aliphatic rings. The van der Waals surface area contributed by atoms with Crippen molar-refractivity contribution in [1.82, 2.24) is 5.32 Å². The van der Waals surface area contributed by atoms with E-state index in [-0.39, 0.29) is 0 Å². The second kappa shape index (κ2) is 7.07. The van der Waals surface area contributed by atoms with Crippen LogP contribution < -0.4 is 10.6 Å². The minimum atomic E-state index is -0.760. The first kappa shape index (κ1) is 18.0. The molecule has 128 valence electrons. The Kier molecular flexibility index (Phi) is 5.55. The number of aliphatic hydroxyl groups is 1. The van der Waals surface area contributed by atoms with Crippen molar-refractivity contribution in [3.63, 3.8) is 0 Å². The summed E-state index contributed by atoms with van der Waals surface area (Å²) in [7, 11) is 0. The van der Waals surface area contributed by atoms with Crippen LogP contribution in [0.5, 0.6) is 0 Å². The summed E-state index contributed by atoms with van der Waals surface area (Å²) >= 11 is 6.05. The predicted octanol–water partition coefficient (Wildman–Crippen LogP) is 3.34. The maximum atomic E-state index is 12.0. The molecule has 1 aromatic rings. The molecule has 0 atom stereocenters. The third kappa shape index (κ3) is 5.68. The van der Waals surface area contributed by atoms with Crippen molar-refractivity contribution in [2.45, 2.75) is 51.2 Å². The van der Waals surface area contributed by atoms with Crippen LogP contribution in [0.1, 0.15) is 39.2 Å². The molecule has 1 aromatic carbocycles. The van der Waals surface area contributed by atoms with Gasteiger partial charge in [0.15, 0.2) is 0 Å². The molecule has 0 unspecified atom stereocenters. The molecule has 6 heteroatoms. The van der Waals surface area contributed by atoms with Crippen LogP contribution in [0.4, 0.5) is 10.5 Å². The Morgan fingerprint density at radius 1 is 1.39 bits per heavy atom. The molecule has 1 aliphatic heterocycles. The molecule has 0 radical (unpaired) electrons. The fourth-order valence-corrected chi connectivity index (χ4v) is 2.83. The summed E-state index contributed by atoms with van der Waals surface area (Å²) < 4.78 is 5.29. The molecule has 1 fully saturated rings. The summed E-state index contributed by atoms with van der Waals surface area (Å²) in [5.41, 5.74) is 0.0998. The molecule has 23 heavy (non-hydrogen) atoms. The topological polar surface area (TPSA) is 70.6 Å². The van der Waals surface area contributed by atoms with Crippen molar-refractivity contribution in [3.8, 4) is 0 Å². The Bertz CT molecular complexity index is 563. The van der Waals surface area contributed by atoms with E-state index in [0.29, 0.717) is 30.0 Å². The van der Waals surface area contributed by atoms with Crippen LogP contribution in [0.15, 0.2) is 18.2 Å². The average Bonchev–Trinajstić information content (AvgIpc) is 2.40. The van der Waals surface area contributed by atoms with Gasteiger partial charge in [0.2, 0.25) is 0 Å². The van der Waals surface area contributed by atoms with Crippen molar-refractivity contribution in [3.05, 3.63) is 28.8 Å². The van der Waals surface area contributed by atoms with Crippen molar-refractivity contribution in [1.29, 1.82) is 0 Å². The van der Waals surface area contributed by atoms with Gasteiger partial charge in [-0.2, -0.15) is 0 Å². The standard InChI is InChI=1S/C17H25ClN2O3/c1-16(2,3)23-15(21)20-14-10-13(18)5-4-12(14)11-17(22)6-8-19-9-7-17/h4-5,10,19,22H,6-9,11H2,1-3H3,(H,20,21). The van der Waals surface area contributed by atoms with E-state index in [9.17, 15) is 9.90 Å². The summed E-state index contributed by atoms with van der Waals surface area (Å²) in [6.07, 6.45) is 1.30. The first-order chi connectivity index (χ1) is 10.7. The monoisotopic (exact) mass is 340 g/mol. The normalized spacial score (nSPS) is 17.6. The van der Waals surface area contributed by atoms with E-state index >= 15 is 0 Å². The van der Waals surface area contributed by atoms with Crippen LogP contribution in [0.25, 0.3) is 0 Å². The highest BCUT2D eigenvalue weighted by Gasteiger charge is 2.30. The van der Waals surface area contributed by atoms with Gasteiger partial charge < -0.3 is 15.2 Å². The molecular formula is C17H25ClN2O3. The summed E-state index contributed by atoms with van der Waals surface area (Å²) in [5, 5.41) is 17.2. The Labute approximate surface area is 142 Å². The zero-order chi connectivity index (χ0) is 17.1. The van der Waals surface area contributed by atoms with Crippen LogP contribution >= 0.6 is 11.6 Å². The molecule has 1 amide bonds. The second-order valence-corrected chi connectivity index (χ2v) is 7.52. The Hall–Kier alpha value is -1.30. The van der Waals surface area contributed by atoms with E-state index < -0.39 is 17.3 Å². The lowest BCUT2D eigenvalue weighted by atomic mass is 9.85. The first-order valence-corrected chi connectivity index (χ1v) is 8.26. The lowest BCUT2D eigenvalue weighted by Gasteiger charge is -2.33. The van der Waals surface area contributed by atoms with E-state index in [2.05, 4.69) is 10.6 Å². The van der Waals surface area contributed by atoms with Crippen LogP contribution in [-0.2, 0) is 11.2 Å². The molecule has 0 spiro atoms. The second-order valence-electron chi connectivity index (χ2n) is 7.08. The number of rotatable bonds is 3. The molecule has 0 aliphatic carbocycles. The average molecular weight is 341 g/mol. The Morgan fingerprint density at radius 2 is 2.04 bits per heavy atom. The number of halogens is 1. The fourth-order valence-electron chi connectivity index (χ4n) is 2.66. The van der Waals surface area contributed by atoms with Crippen LogP contribution in [0.3, 0.4) is 0 Å². The minimum absolute atomic E-state index is 0.469. The number of amides is 1. The van der Waals surface area contributed by atoms with Gasteiger partial charge in [-0.1, -0.05) is 17.7 Å². The highest BCUT2D eigenvalue weighted by Crippen LogP contribution is 2.29. The number of nitrogens with one attached hydrogen (secondary N) is 2. The van der Waals surface area contributed by atoms with Gasteiger partial charge in [-0.25, -0.2) is 4.79 Å². The molecular weight excluding hydrogens is 316 g/mol. The fraction of sp³-hybridized carbons (Fsp3) is 0.588. The molecule has 0 saturated carbocycles. The number of hydrogen-bond donors (Lipinski definition) is 3. The molecule has 1 heterocycles. The van der Waals surface area contributed by atoms with E-state index in [0.717, 1.165) is 18.7 Å². The number of anilines is 1. The van der Waals surface area contributed by atoms with Crippen molar-refractivity contribution >= 4 is 23.4 Å². The van der Waals surface area contributed by atoms with Crippen LogP contribution in [0, 0.1) is 0 Å². The number of carbonyl (C=O) groups excluding carboxylic acids is 1. The maximum Gasteiger partial charge on any atom is 0.412 e. The number of ether oxygens (including phenoxy) is 1.